The summed E-state index contributed by atoms with van der Waals surface area (Å²) in [4.78, 5) is 30.9. The van der Waals surface area contributed by atoms with Crippen molar-refractivity contribution in [1.82, 2.24) is 9.55 Å². The van der Waals surface area contributed by atoms with E-state index in [1.54, 1.807) is 28.8 Å². The van der Waals surface area contributed by atoms with Crippen LogP contribution in [-0.2, 0) is 4.79 Å². The number of ether oxygens (including phenoxy) is 2. The van der Waals surface area contributed by atoms with Crippen LogP contribution in [0.5, 0.6) is 11.5 Å². The molecule has 8 heteroatoms. The maximum absolute atomic E-state index is 13.4. The average Bonchev–Trinajstić information content (AvgIpc) is 2.82. The fourth-order valence-corrected chi connectivity index (χ4v) is 4.78. The van der Waals surface area contributed by atoms with Gasteiger partial charge in [0.1, 0.15) is 13.2 Å². The Labute approximate surface area is 200 Å². The van der Waals surface area contributed by atoms with Gasteiger partial charge in [0.15, 0.2) is 16.7 Å². The summed E-state index contributed by atoms with van der Waals surface area (Å²) >= 11 is 1.22. The van der Waals surface area contributed by atoms with Gasteiger partial charge >= 0.3 is 0 Å². The van der Waals surface area contributed by atoms with Crippen LogP contribution in [0.25, 0.3) is 16.6 Å². The van der Waals surface area contributed by atoms with Crippen LogP contribution in [0.1, 0.15) is 11.1 Å². The zero-order valence-corrected chi connectivity index (χ0v) is 19.6. The molecule has 1 aliphatic rings. The molecule has 0 spiro atoms. The van der Waals surface area contributed by atoms with Crippen LogP contribution in [-0.4, -0.2) is 34.4 Å². The average molecular weight is 474 g/mol. The van der Waals surface area contributed by atoms with E-state index in [0.717, 1.165) is 16.8 Å². The highest BCUT2D eigenvalue weighted by molar-refractivity contribution is 7.99. The molecule has 0 radical (unpaired) electrons. The van der Waals surface area contributed by atoms with Gasteiger partial charge in [-0.2, -0.15) is 0 Å². The van der Waals surface area contributed by atoms with Crippen LogP contribution in [0.2, 0.25) is 0 Å². The number of amides is 1. The van der Waals surface area contributed by atoms with E-state index in [4.69, 9.17) is 14.5 Å². The van der Waals surface area contributed by atoms with E-state index >= 15 is 0 Å². The first-order valence-electron chi connectivity index (χ1n) is 10.9. The second-order valence-corrected chi connectivity index (χ2v) is 9.04. The molecule has 0 bridgehead atoms. The molecule has 1 N–H and O–H groups in total. The molecule has 0 atom stereocenters. The van der Waals surface area contributed by atoms with Crippen LogP contribution in [0.15, 0.2) is 70.6 Å². The lowest BCUT2D eigenvalue weighted by atomic mass is 10.1. The van der Waals surface area contributed by atoms with Crippen LogP contribution >= 0.6 is 11.8 Å². The number of rotatable bonds is 5. The van der Waals surface area contributed by atoms with Crippen molar-refractivity contribution in [2.45, 2.75) is 19.0 Å². The van der Waals surface area contributed by atoms with E-state index in [-0.39, 0.29) is 17.2 Å². The number of fused-ring (bicyclic) bond motifs is 2. The van der Waals surface area contributed by atoms with Crippen molar-refractivity contribution in [3.8, 4) is 17.2 Å². The number of aromatic nitrogens is 2. The highest BCUT2D eigenvalue weighted by Crippen LogP contribution is 2.32. The third-order valence-corrected chi connectivity index (χ3v) is 6.31. The number of anilines is 1. The molecular formula is C26H23N3O4S. The van der Waals surface area contributed by atoms with E-state index < -0.39 is 0 Å². The summed E-state index contributed by atoms with van der Waals surface area (Å²) in [7, 11) is 0. The predicted molar refractivity (Wildman–Crippen MR) is 134 cm³/mol. The quantitative estimate of drug-likeness (QED) is 0.339. The maximum atomic E-state index is 13.4. The molecule has 3 aromatic carbocycles. The van der Waals surface area contributed by atoms with Gasteiger partial charge in [0, 0.05) is 11.8 Å². The van der Waals surface area contributed by atoms with Crippen molar-refractivity contribution in [3.05, 3.63) is 82.1 Å². The lowest BCUT2D eigenvalue weighted by Crippen LogP contribution is -2.23. The summed E-state index contributed by atoms with van der Waals surface area (Å²) in [5.41, 5.74) is 3.88. The molecule has 1 aromatic heterocycles. The summed E-state index contributed by atoms with van der Waals surface area (Å²) in [6, 6.07) is 18.5. The minimum Gasteiger partial charge on any atom is -0.486 e. The Balaban J connectivity index is 1.44. The first-order valence-corrected chi connectivity index (χ1v) is 11.9. The largest absolute Gasteiger partial charge is 0.486 e. The number of thioether (sulfide) groups is 1. The topological polar surface area (TPSA) is 82.5 Å². The molecule has 1 aliphatic heterocycles. The van der Waals surface area contributed by atoms with Crippen LogP contribution in [0, 0.1) is 13.8 Å². The Morgan fingerprint density at radius 3 is 2.53 bits per heavy atom. The molecule has 0 unspecified atom stereocenters. The lowest BCUT2D eigenvalue weighted by Gasteiger charge is -2.19. The van der Waals surface area contributed by atoms with Gasteiger partial charge in [-0.05, 0) is 61.4 Å². The number of nitrogens with zero attached hydrogens (tertiary/aromatic N) is 2. The van der Waals surface area contributed by atoms with E-state index in [2.05, 4.69) is 11.4 Å². The van der Waals surface area contributed by atoms with E-state index in [1.807, 2.05) is 44.2 Å². The smallest absolute Gasteiger partial charge is 0.266 e. The van der Waals surface area contributed by atoms with Gasteiger partial charge in [-0.15, -0.1) is 0 Å². The maximum Gasteiger partial charge on any atom is 0.266 e. The van der Waals surface area contributed by atoms with Crippen molar-refractivity contribution >= 4 is 34.3 Å². The van der Waals surface area contributed by atoms with Crippen molar-refractivity contribution in [1.29, 1.82) is 0 Å². The number of carbonyl (C=O) groups is 1. The van der Waals surface area contributed by atoms with Crippen molar-refractivity contribution < 1.29 is 14.3 Å². The van der Waals surface area contributed by atoms with E-state index in [9.17, 15) is 9.59 Å². The molecule has 1 amide bonds. The monoisotopic (exact) mass is 473 g/mol. The Bertz CT molecular complexity index is 1440. The Kier molecular flexibility index (Phi) is 5.98. The summed E-state index contributed by atoms with van der Waals surface area (Å²) in [5.74, 6) is 1.15. The highest BCUT2D eigenvalue weighted by atomic mass is 32.2. The van der Waals surface area contributed by atoms with Gasteiger partial charge in [-0.25, -0.2) is 4.98 Å². The predicted octanol–water partition coefficient (Wildman–Crippen LogP) is 4.50. The Hall–Kier alpha value is -3.78. The number of para-hydroxylation sites is 1. The summed E-state index contributed by atoms with van der Waals surface area (Å²) < 4.78 is 12.7. The van der Waals surface area contributed by atoms with Crippen LogP contribution in [0.3, 0.4) is 0 Å². The molecule has 172 valence electrons. The number of hydrogen-bond donors (Lipinski definition) is 1. The third kappa shape index (κ3) is 4.49. The van der Waals surface area contributed by atoms with Gasteiger partial charge in [-0.3, -0.25) is 14.2 Å². The molecule has 4 aromatic rings. The third-order valence-electron chi connectivity index (χ3n) is 5.37. The SMILES string of the molecule is Cc1cc(C)cc(-n2c(SCC(=O)Nc3ccc4c(c3)OCCO4)nc3ccccc3c2=O)c1. The van der Waals surface area contributed by atoms with Crippen molar-refractivity contribution in [2.75, 3.05) is 24.3 Å². The highest BCUT2D eigenvalue weighted by Gasteiger charge is 2.17. The number of hydrogen-bond acceptors (Lipinski definition) is 6. The van der Waals surface area contributed by atoms with Crippen molar-refractivity contribution in [3.63, 3.8) is 0 Å². The minimum atomic E-state index is -0.212. The second kappa shape index (κ2) is 9.23. The van der Waals surface area contributed by atoms with E-state index in [0.29, 0.717) is 46.5 Å². The van der Waals surface area contributed by atoms with Gasteiger partial charge in [-0.1, -0.05) is 30.0 Å². The molecule has 0 fully saturated rings. The van der Waals surface area contributed by atoms with Gasteiger partial charge in [0.05, 0.1) is 22.3 Å². The molecule has 34 heavy (non-hydrogen) atoms. The molecule has 5 rings (SSSR count). The fourth-order valence-electron chi connectivity index (χ4n) is 3.96. The van der Waals surface area contributed by atoms with Gasteiger partial charge < -0.3 is 14.8 Å². The first kappa shape index (κ1) is 22.0. The number of nitrogens with one attached hydrogen (secondary N) is 1. The molecule has 0 saturated heterocycles. The molecule has 0 aliphatic carbocycles. The van der Waals surface area contributed by atoms with Gasteiger partial charge in [0.2, 0.25) is 5.91 Å². The molecule has 2 heterocycles. The number of benzene rings is 3. The van der Waals surface area contributed by atoms with Crippen molar-refractivity contribution in [2.24, 2.45) is 0 Å². The normalized spacial score (nSPS) is 12.5. The lowest BCUT2D eigenvalue weighted by molar-refractivity contribution is -0.113. The minimum absolute atomic E-state index is 0.0873. The second-order valence-electron chi connectivity index (χ2n) is 8.09. The Morgan fingerprint density at radius 1 is 1.00 bits per heavy atom. The Morgan fingerprint density at radius 2 is 1.74 bits per heavy atom. The number of aryl methyl sites for hydroxylation is 2. The molecule has 0 saturated carbocycles. The summed E-state index contributed by atoms with van der Waals surface area (Å²) in [5, 5.41) is 3.88. The zero-order chi connectivity index (χ0) is 23.7. The van der Waals surface area contributed by atoms with Crippen LogP contribution in [0.4, 0.5) is 5.69 Å². The number of carbonyl (C=O) groups excluding carboxylic acids is 1. The standard InChI is InChI=1S/C26H23N3O4S/c1-16-11-17(2)13-19(12-16)29-25(31)20-5-3-4-6-21(20)28-26(29)34-15-24(30)27-18-7-8-22-23(14-18)33-10-9-32-22/h3-8,11-14H,9-10,15H2,1-2H3,(H,27,30). The van der Waals surface area contributed by atoms with Gasteiger partial charge in [0.25, 0.3) is 5.56 Å². The van der Waals surface area contributed by atoms with E-state index in [1.165, 1.54) is 11.8 Å². The zero-order valence-electron chi connectivity index (χ0n) is 18.8. The molecular weight excluding hydrogens is 450 g/mol. The summed E-state index contributed by atoms with van der Waals surface area (Å²) in [6.07, 6.45) is 0. The first-order chi connectivity index (χ1) is 16.5. The summed E-state index contributed by atoms with van der Waals surface area (Å²) in [6.45, 7) is 4.97. The fraction of sp³-hybridized carbons (Fsp3) is 0.192. The molecule has 7 nitrogen and oxygen atoms in total. The van der Waals surface area contributed by atoms with Crippen LogP contribution < -0.4 is 20.3 Å².